The maximum Gasteiger partial charge on any atom is 0.0796 e. The smallest absolute Gasteiger partial charge is 0.0796 e. The van der Waals surface area contributed by atoms with Crippen molar-refractivity contribution in [2.75, 3.05) is 13.7 Å². The highest BCUT2D eigenvalue weighted by molar-refractivity contribution is 9.12. The van der Waals surface area contributed by atoms with Crippen LogP contribution >= 0.6 is 43.2 Å². The molecule has 1 saturated heterocycles. The van der Waals surface area contributed by atoms with Crippen molar-refractivity contribution >= 4 is 43.2 Å². The van der Waals surface area contributed by atoms with E-state index in [2.05, 4.69) is 50.2 Å². The Kier molecular flexibility index (Phi) is 4.46. The lowest BCUT2D eigenvalue weighted by Crippen LogP contribution is -2.32. The molecule has 1 fully saturated rings. The summed E-state index contributed by atoms with van der Waals surface area (Å²) in [6, 6.07) is 2.44. The number of hydrogen-bond donors (Lipinski definition) is 1. The van der Waals surface area contributed by atoms with Gasteiger partial charge in [0.05, 0.1) is 19.7 Å². The zero-order valence-corrected chi connectivity index (χ0v) is 13.3. The molecule has 0 radical (unpaired) electrons. The van der Waals surface area contributed by atoms with Crippen molar-refractivity contribution in [1.82, 2.24) is 5.32 Å². The predicted octanol–water partition coefficient (Wildman–Crippen LogP) is 3.96. The molecular formula is C11H15Br2NOS. The van der Waals surface area contributed by atoms with Crippen molar-refractivity contribution in [1.29, 1.82) is 0 Å². The summed E-state index contributed by atoms with van der Waals surface area (Å²) in [5, 5.41) is 3.38. The van der Waals surface area contributed by atoms with Gasteiger partial charge < -0.3 is 10.1 Å². The highest BCUT2D eigenvalue weighted by Gasteiger charge is 2.33. The van der Waals surface area contributed by atoms with Gasteiger partial charge in [0, 0.05) is 6.61 Å². The van der Waals surface area contributed by atoms with Crippen molar-refractivity contribution in [3.63, 3.8) is 0 Å². The Balaban J connectivity index is 2.25. The second kappa shape index (κ2) is 5.48. The average Bonchev–Trinajstić information content (AvgIpc) is 2.77. The van der Waals surface area contributed by atoms with Crippen LogP contribution in [-0.4, -0.2) is 19.8 Å². The van der Waals surface area contributed by atoms with E-state index in [0.29, 0.717) is 5.92 Å². The summed E-state index contributed by atoms with van der Waals surface area (Å²) in [7, 11) is 2.00. The van der Waals surface area contributed by atoms with Crippen LogP contribution < -0.4 is 5.32 Å². The van der Waals surface area contributed by atoms with Crippen LogP contribution in [0.2, 0.25) is 0 Å². The molecular weight excluding hydrogens is 354 g/mol. The summed E-state index contributed by atoms with van der Waals surface area (Å²) < 4.78 is 8.18. The predicted molar refractivity (Wildman–Crippen MR) is 75.0 cm³/mol. The van der Waals surface area contributed by atoms with Crippen molar-refractivity contribution < 1.29 is 4.74 Å². The molecule has 3 unspecified atom stereocenters. The first-order valence-electron chi connectivity index (χ1n) is 5.37. The van der Waals surface area contributed by atoms with Crippen LogP contribution in [0.3, 0.4) is 0 Å². The van der Waals surface area contributed by atoms with Gasteiger partial charge in [-0.1, -0.05) is 6.92 Å². The van der Waals surface area contributed by atoms with Gasteiger partial charge in [-0.15, -0.1) is 11.3 Å². The molecule has 3 atom stereocenters. The Bertz CT molecular complexity index is 369. The van der Waals surface area contributed by atoms with Gasteiger partial charge in [0.2, 0.25) is 0 Å². The Morgan fingerprint density at radius 1 is 1.56 bits per heavy atom. The van der Waals surface area contributed by atoms with Gasteiger partial charge >= 0.3 is 0 Å². The molecule has 1 aromatic rings. The molecule has 1 aliphatic heterocycles. The van der Waals surface area contributed by atoms with E-state index in [1.54, 1.807) is 11.3 Å². The van der Waals surface area contributed by atoms with Gasteiger partial charge in [0.25, 0.3) is 0 Å². The molecule has 0 aliphatic carbocycles. The first-order valence-corrected chi connectivity index (χ1v) is 7.77. The molecule has 0 saturated carbocycles. The highest BCUT2D eigenvalue weighted by atomic mass is 79.9. The second-order valence-corrected chi connectivity index (χ2v) is 7.90. The van der Waals surface area contributed by atoms with Gasteiger partial charge in [-0.25, -0.2) is 0 Å². The quantitative estimate of drug-likeness (QED) is 0.871. The molecule has 2 rings (SSSR count). The topological polar surface area (TPSA) is 21.3 Å². The van der Waals surface area contributed by atoms with Crippen LogP contribution in [0.5, 0.6) is 0 Å². The maximum atomic E-state index is 5.84. The Labute approximate surface area is 117 Å². The summed E-state index contributed by atoms with van der Waals surface area (Å²) in [5.74, 6) is 0.614. The lowest BCUT2D eigenvalue weighted by Gasteiger charge is -2.25. The molecule has 1 aromatic heterocycles. The summed E-state index contributed by atoms with van der Waals surface area (Å²) in [4.78, 5) is 0. The highest BCUT2D eigenvalue weighted by Crippen LogP contribution is 2.40. The van der Waals surface area contributed by atoms with E-state index >= 15 is 0 Å². The van der Waals surface area contributed by atoms with Gasteiger partial charge in [-0.05, 0) is 62.9 Å². The molecule has 1 aliphatic rings. The summed E-state index contributed by atoms with van der Waals surface area (Å²) in [6.07, 6.45) is 1.44. The standard InChI is InChI=1S/C11H15Br2NOS/c1-6-3-4-15-10(6)9(14-2)7-5-8(12)16-11(7)13/h5-6,9-10,14H,3-4H2,1-2H3. The third-order valence-corrected chi connectivity index (χ3v) is 5.49. The number of thiophene rings is 1. The molecule has 0 spiro atoms. The fourth-order valence-corrected chi connectivity index (χ4v) is 5.13. The van der Waals surface area contributed by atoms with Gasteiger partial charge in [0.1, 0.15) is 0 Å². The second-order valence-electron chi connectivity index (χ2n) is 4.15. The minimum Gasteiger partial charge on any atom is -0.376 e. The fraction of sp³-hybridized carbons (Fsp3) is 0.636. The molecule has 5 heteroatoms. The van der Waals surface area contributed by atoms with E-state index in [9.17, 15) is 0 Å². The van der Waals surface area contributed by atoms with Crippen LogP contribution in [0.1, 0.15) is 24.9 Å². The van der Waals surface area contributed by atoms with Crippen LogP contribution in [0.25, 0.3) is 0 Å². The van der Waals surface area contributed by atoms with Crippen molar-refractivity contribution in [3.05, 3.63) is 19.2 Å². The first-order chi connectivity index (χ1) is 7.63. The third-order valence-electron chi connectivity index (χ3n) is 3.10. The Morgan fingerprint density at radius 3 is 2.75 bits per heavy atom. The van der Waals surface area contributed by atoms with Crippen LogP contribution in [-0.2, 0) is 4.74 Å². The number of ether oxygens (including phenoxy) is 1. The normalized spacial score (nSPS) is 27.2. The number of halogens is 2. The molecule has 16 heavy (non-hydrogen) atoms. The van der Waals surface area contributed by atoms with E-state index in [-0.39, 0.29) is 12.1 Å². The Morgan fingerprint density at radius 2 is 2.31 bits per heavy atom. The van der Waals surface area contributed by atoms with Gasteiger partial charge in [-0.3, -0.25) is 0 Å². The van der Waals surface area contributed by atoms with Crippen LogP contribution in [0.4, 0.5) is 0 Å². The number of rotatable bonds is 3. The molecule has 1 N–H and O–H groups in total. The molecule has 0 bridgehead atoms. The zero-order chi connectivity index (χ0) is 11.7. The zero-order valence-electron chi connectivity index (χ0n) is 9.30. The van der Waals surface area contributed by atoms with Crippen LogP contribution in [0, 0.1) is 5.92 Å². The van der Waals surface area contributed by atoms with E-state index in [1.165, 1.54) is 9.35 Å². The third kappa shape index (κ3) is 2.53. The molecule has 2 nitrogen and oxygen atoms in total. The van der Waals surface area contributed by atoms with Crippen molar-refractivity contribution in [2.24, 2.45) is 5.92 Å². The number of nitrogens with one attached hydrogen (secondary N) is 1. The van der Waals surface area contributed by atoms with Crippen LogP contribution in [0.15, 0.2) is 13.6 Å². The summed E-state index contributed by atoms with van der Waals surface area (Å²) in [5.41, 5.74) is 1.29. The number of likely N-dealkylation sites (N-methyl/N-ethyl adjacent to an activating group) is 1. The molecule has 2 heterocycles. The van der Waals surface area contributed by atoms with Crippen molar-refractivity contribution in [3.8, 4) is 0 Å². The maximum absolute atomic E-state index is 5.84. The fourth-order valence-electron chi connectivity index (χ4n) is 2.21. The lowest BCUT2D eigenvalue weighted by molar-refractivity contribution is 0.0630. The molecule has 90 valence electrons. The molecule has 0 amide bonds. The van der Waals surface area contributed by atoms with E-state index < -0.39 is 0 Å². The van der Waals surface area contributed by atoms with Gasteiger partial charge in [-0.2, -0.15) is 0 Å². The number of hydrogen-bond acceptors (Lipinski definition) is 3. The lowest BCUT2D eigenvalue weighted by atomic mass is 9.94. The van der Waals surface area contributed by atoms with Gasteiger partial charge in [0.15, 0.2) is 0 Å². The van der Waals surface area contributed by atoms with E-state index in [0.717, 1.165) is 16.8 Å². The minimum absolute atomic E-state index is 0.273. The largest absolute Gasteiger partial charge is 0.376 e. The Hall–Kier alpha value is 0.580. The summed E-state index contributed by atoms with van der Waals surface area (Å²) >= 11 is 8.85. The summed E-state index contributed by atoms with van der Waals surface area (Å²) in [6.45, 7) is 3.14. The average molecular weight is 369 g/mol. The van der Waals surface area contributed by atoms with E-state index in [1.807, 2.05) is 7.05 Å². The SMILES string of the molecule is CNC(c1cc(Br)sc1Br)C1OCCC1C. The monoisotopic (exact) mass is 367 g/mol. The van der Waals surface area contributed by atoms with E-state index in [4.69, 9.17) is 4.74 Å². The van der Waals surface area contributed by atoms with Crippen molar-refractivity contribution in [2.45, 2.75) is 25.5 Å². The molecule has 0 aromatic carbocycles. The first kappa shape index (κ1) is 13.0. The minimum atomic E-state index is 0.273.